The average Bonchev–Trinajstić information content (AvgIpc) is 3.18. The quantitative estimate of drug-likeness (QED) is 0.181. The summed E-state index contributed by atoms with van der Waals surface area (Å²) in [7, 11) is 0. The lowest BCUT2D eigenvalue weighted by molar-refractivity contribution is -0.146. The van der Waals surface area contributed by atoms with Crippen molar-refractivity contribution in [2.75, 3.05) is 6.54 Å². The summed E-state index contributed by atoms with van der Waals surface area (Å²) >= 11 is 0. The monoisotopic (exact) mass is 444 g/mol. The van der Waals surface area contributed by atoms with E-state index in [9.17, 15) is 29.1 Å². The van der Waals surface area contributed by atoms with E-state index < -0.39 is 60.4 Å². The first-order chi connectivity index (χ1) is 14.4. The number of hydrogen-bond donors (Lipinski definition) is 7. The Labute approximate surface area is 180 Å². The molecule has 1 aliphatic rings. The van der Waals surface area contributed by atoms with Crippen LogP contribution in [0.3, 0.4) is 0 Å². The Morgan fingerprint density at radius 3 is 2.03 bits per heavy atom. The number of aliphatic carboxylic acids is 2. The number of hydrogen-bond acceptors (Lipinski definition) is 7. The lowest BCUT2D eigenvalue weighted by atomic mass is 10.0. The fourth-order valence-corrected chi connectivity index (χ4v) is 3.18. The highest BCUT2D eigenvalue weighted by atomic mass is 16.4. The predicted molar refractivity (Wildman–Crippen MR) is 108 cm³/mol. The van der Waals surface area contributed by atoms with E-state index in [1.165, 1.54) is 0 Å². The number of nitrogens with one attached hydrogen (secondary N) is 4. The highest BCUT2D eigenvalue weighted by molar-refractivity contribution is 5.95. The summed E-state index contributed by atoms with van der Waals surface area (Å²) in [6, 6.07) is -4.71. The van der Waals surface area contributed by atoms with Crippen LogP contribution in [0.15, 0.2) is 0 Å². The van der Waals surface area contributed by atoms with Crippen molar-refractivity contribution < 1.29 is 39.3 Å². The first-order valence-electron chi connectivity index (χ1n) is 10.2. The molecule has 0 aliphatic carbocycles. The van der Waals surface area contributed by atoms with Crippen molar-refractivity contribution in [3.05, 3.63) is 0 Å². The van der Waals surface area contributed by atoms with E-state index in [1.807, 2.05) is 19.2 Å². The van der Waals surface area contributed by atoms with Gasteiger partial charge in [0, 0.05) is 0 Å². The Morgan fingerprint density at radius 2 is 1.58 bits per heavy atom. The van der Waals surface area contributed by atoms with Crippen molar-refractivity contribution in [3.63, 3.8) is 0 Å². The number of carbonyl (C=O) groups excluding carboxylic acids is 3. The van der Waals surface area contributed by atoms with Gasteiger partial charge in [-0.1, -0.05) is 13.8 Å². The molecule has 1 rings (SSSR count). The van der Waals surface area contributed by atoms with Crippen LogP contribution in [-0.4, -0.2) is 81.8 Å². The number of carboxylic acid groups (broad SMARTS) is 2. The van der Waals surface area contributed by atoms with Crippen LogP contribution >= 0.6 is 0 Å². The normalized spacial score (nSPS) is 19.7. The molecule has 0 radical (unpaired) electrons. The predicted octanol–water partition coefficient (Wildman–Crippen LogP) is -1.82. The fraction of sp³-hybridized carbons (Fsp3) is 0.737. The SMILES string of the molecule is CC(C)CC(NC(=O)C1CCCN1)C(=O)NC(CC(=O)O)C(=O)NC(C(=O)O)C(C)O. The first-order valence-corrected chi connectivity index (χ1v) is 10.2. The van der Waals surface area contributed by atoms with Crippen LogP contribution in [0.5, 0.6) is 0 Å². The Kier molecular flexibility index (Phi) is 10.4. The van der Waals surface area contributed by atoms with Gasteiger partial charge in [-0.15, -0.1) is 0 Å². The molecule has 1 heterocycles. The summed E-state index contributed by atoms with van der Waals surface area (Å²) in [6.45, 7) is 5.51. The Balaban J connectivity index is 2.93. The molecule has 3 amide bonds. The topological polar surface area (TPSA) is 194 Å². The molecule has 0 aromatic rings. The molecular formula is C19H32N4O8. The molecule has 176 valence electrons. The molecule has 0 aromatic carbocycles. The second-order valence-corrected chi connectivity index (χ2v) is 8.06. The Morgan fingerprint density at radius 1 is 0.968 bits per heavy atom. The van der Waals surface area contributed by atoms with Crippen molar-refractivity contribution in [2.24, 2.45) is 5.92 Å². The van der Waals surface area contributed by atoms with E-state index in [0.717, 1.165) is 13.3 Å². The molecule has 5 atom stereocenters. The van der Waals surface area contributed by atoms with Gasteiger partial charge in [0.1, 0.15) is 12.1 Å². The molecule has 0 saturated carbocycles. The van der Waals surface area contributed by atoms with Crippen molar-refractivity contribution >= 4 is 29.7 Å². The van der Waals surface area contributed by atoms with E-state index >= 15 is 0 Å². The van der Waals surface area contributed by atoms with Crippen LogP contribution in [0.2, 0.25) is 0 Å². The number of amides is 3. The van der Waals surface area contributed by atoms with Gasteiger partial charge in [0.25, 0.3) is 0 Å². The molecule has 12 nitrogen and oxygen atoms in total. The molecular weight excluding hydrogens is 412 g/mol. The van der Waals surface area contributed by atoms with E-state index in [0.29, 0.717) is 13.0 Å². The second-order valence-electron chi connectivity index (χ2n) is 8.06. The van der Waals surface area contributed by atoms with Gasteiger partial charge in [-0.3, -0.25) is 19.2 Å². The van der Waals surface area contributed by atoms with Gasteiger partial charge in [0.05, 0.1) is 18.6 Å². The van der Waals surface area contributed by atoms with Gasteiger partial charge in [-0.25, -0.2) is 4.79 Å². The smallest absolute Gasteiger partial charge is 0.328 e. The van der Waals surface area contributed by atoms with Crippen molar-refractivity contribution in [3.8, 4) is 0 Å². The van der Waals surface area contributed by atoms with Gasteiger partial charge in [-0.2, -0.15) is 0 Å². The third-order valence-corrected chi connectivity index (χ3v) is 4.77. The van der Waals surface area contributed by atoms with Crippen molar-refractivity contribution in [1.29, 1.82) is 0 Å². The molecule has 31 heavy (non-hydrogen) atoms. The van der Waals surface area contributed by atoms with Crippen LogP contribution < -0.4 is 21.3 Å². The molecule has 0 aromatic heterocycles. The maximum Gasteiger partial charge on any atom is 0.328 e. The number of carboxylic acids is 2. The van der Waals surface area contributed by atoms with E-state index in [2.05, 4.69) is 16.0 Å². The number of rotatable bonds is 12. The van der Waals surface area contributed by atoms with Crippen LogP contribution in [0.1, 0.15) is 46.5 Å². The summed E-state index contributed by atoms with van der Waals surface area (Å²) in [5.41, 5.74) is 0. The zero-order valence-electron chi connectivity index (χ0n) is 17.9. The molecule has 0 spiro atoms. The minimum atomic E-state index is -1.68. The molecule has 1 saturated heterocycles. The average molecular weight is 444 g/mol. The number of carbonyl (C=O) groups is 5. The highest BCUT2D eigenvalue weighted by Gasteiger charge is 2.33. The third kappa shape index (κ3) is 8.89. The minimum Gasteiger partial charge on any atom is -0.481 e. The number of aliphatic hydroxyl groups excluding tert-OH is 1. The standard InChI is InChI=1S/C19H32N4O8/c1-9(2)7-12(21-16(27)11-5-4-6-20-11)17(28)22-13(8-14(25)26)18(29)23-15(10(3)24)19(30)31/h9-13,15,20,24H,4-8H2,1-3H3,(H,21,27)(H,22,28)(H,23,29)(H,25,26)(H,30,31). The number of aliphatic hydroxyl groups is 1. The summed E-state index contributed by atoms with van der Waals surface area (Å²) in [5.74, 6) is -5.10. The lowest BCUT2D eigenvalue weighted by Crippen LogP contribution is -2.58. The maximum absolute atomic E-state index is 12.8. The van der Waals surface area contributed by atoms with Gasteiger partial charge in [0.2, 0.25) is 17.7 Å². The zero-order valence-corrected chi connectivity index (χ0v) is 17.9. The Bertz CT molecular complexity index is 676. The first kappa shape index (κ1) is 26.3. The van der Waals surface area contributed by atoms with Crippen LogP contribution in [0.4, 0.5) is 0 Å². The van der Waals surface area contributed by atoms with E-state index in [-0.39, 0.29) is 18.2 Å². The summed E-state index contributed by atoms with van der Waals surface area (Å²) in [4.78, 5) is 60.0. The van der Waals surface area contributed by atoms with E-state index in [1.54, 1.807) is 0 Å². The van der Waals surface area contributed by atoms with Crippen LogP contribution in [0, 0.1) is 5.92 Å². The summed E-state index contributed by atoms with van der Waals surface area (Å²) in [6.07, 6.45) is -0.557. The molecule has 12 heteroatoms. The van der Waals surface area contributed by atoms with Gasteiger partial charge in [0.15, 0.2) is 6.04 Å². The molecule has 0 bridgehead atoms. The molecule has 1 aliphatic heterocycles. The fourth-order valence-electron chi connectivity index (χ4n) is 3.18. The Hall–Kier alpha value is -2.73. The van der Waals surface area contributed by atoms with Crippen LogP contribution in [0.25, 0.3) is 0 Å². The summed E-state index contributed by atoms with van der Waals surface area (Å²) < 4.78 is 0. The van der Waals surface area contributed by atoms with E-state index in [4.69, 9.17) is 10.2 Å². The minimum absolute atomic E-state index is 0.00552. The van der Waals surface area contributed by atoms with Gasteiger partial charge >= 0.3 is 11.9 Å². The molecule has 1 fully saturated rings. The maximum atomic E-state index is 12.8. The van der Waals surface area contributed by atoms with Crippen molar-refractivity contribution in [1.82, 2.24) is 21.3 Å². The van der Waals surface area contributed by atoms with Gasteiger partial charge in [-0.05, 0) is 38.6 Å². The largest absolute Gasteiger partial charge is 0.481 e. The second kappa shape index (κ2) is 12.2. The summed E-state index contributed by atoms with van der Waals surface area (Å²) in [5, 5.41) is 37.7. The van der Waals surface area contributed by atoms with Crippen molar-refractivity contribution in [2.45, 2.75) is 76.7 Å². The lowest BCUT2D eigenvalue weighted by Gasteiger charge is -2.26. The van der Waals surface area contributed by atoms with Crippen LogP contribution in [-0.2, 0) is 24.0 Å². The van der Waals surface area contributed by atoms with Gasteiger partial charge < -0.3 is 36.6 Å². The third-order valence-electron chi connectivity index (χ3n) is 4.77. The zero-order chi connectivity index (χ0) is 23.7. The molecule has 7 N–H and O–H groups in total. The highest BCUT2D eigenvalue weighted by Crippen LogP contribution is 2.10. The molecule has 5 unspecified atom stereocenters.